The highest BCUT2D eigenvalue weighted by molar-refractivity contribution is 5.81. The van der Waals surface area contributed by atoms with Gasteiger partial charge in [-0.05, 0) is 36.8 Å². The second-order valence-electron chi connectivity index (χ2n) is 6.28. The Morgan fingerprint density at radius 3 is 2.46 bits per heavy atom. The number of nitrogens with one attached hydrogen (secondary N) is 1. The largest absolute Gasteiger partial charge is 0.374 e. The fourth-order valence-electron chi connectivity index (χ4n) is 2.98. The predicted octanol–water partition coefficient (Wildman–Crippen LogP) is 3.17. The van der Waals surface area contributed by atoms with Crippen LogP contribution in [0.4, 0.5) is 24.5 Å². The second kappa shape index (κ2) is 7.68. The summed E-state index contributed by atoms with van der Waals surface area (Å²) in [5.41, 5.74) is 2.08. The van der Waals surface area contributed by atoms with Crippen LogP contribution in [0.1, 0.15) is 5.56 Å². The number of benzene rings is 2. The third-order valence-electron chi connectivity index (χ3n) is 4.46. The molecule has 26 heavy (non-hydrogen) atoms. The Hall–Kier alpha value is -2.70. The lowest BCUT2D eigenvalue weighted by Crippen LogP contribution is -2.50. The lowest BCUT2D eigenvalue weighted by molar-refractivity contribution is -0.129. The summed E-state index contributed by atoms with van der Waals surface area (Å²) in [5.74, 6) is -4.33. The van der Waals surface area contributed by atoms with Crippen molar-refractivity contribution in [1.29, 1.82) is 0 Å². The van der Waals surface area contributed by atoms with E-state index in [1.807, 2.05) is 25.1 Å². The number of halogens is 3. The fraction of sp³-hybridized carbons (Fsp3) is 0.316. The molecule has 1 fully saturated rings. The van der Waals surface area contributed by atoms with E-state index in [1.165, 1.54) is 5.56 Å². The number of nitrogens with zero attached hydrogens (tertiary/aromatic N) is 2. The number of hydrogen-bond acceptors (Lipinski definition) is 3. The highest BCUT2D eigenvalue weighted by atomic mass is 19.2. The Bertz CT molecular complexity index is 805. The van der Waals surface area contributed by atoms with E-state index < -0.39 is 17.5 Å². The highest BCUT2D eigenvalue weighted by Crippen LogP contribution is 2.20. The van der Waals surface area contributed by atoms with E-state index in [1.54, 1.807) is 4.90 Å². The molecule has 0 spiro atoms. The summed E-state index contributed by atoms with van der Waals surface area (Å²) in [6, 6.07) is 10.1. The van der Waals surface area contributed by atoms with E-state index in [-0.39, 0.29) is 18.1 Å². The summed E-state index contributed by atoms with van der Waals surface area (Å²) in [6.45, 7) is 4.37. The molecule has 1 heterocycles. The number of carbonyl (C=O) groups excluding carboxylic acids is 1. The standard InChI is InChI=1S/C19H20F3N3O/c1-13-3-2-4-14(11-13)24-7-9-25(10-8-24)17(26)12-23-16-6-5-15(20)18(21)19(16)22/h2-6,11,23H,7-10,12H2,1H3. The van der Waals surface area contributed by atoms with Crippen LogP contribution in [0.2, 0.25) is 0 Å². The minimum Gasteiger partial charge on any atom is -0.374 e. The van der Waals surface area contributed by atoms with Gasteiger partial charge in [0.05, 0.1) is 12.2 Å². The zero-order valence-electron chi connectivity index (χ0n) is 14.4. The van der Waals surface area contributed by atoms with Crippen molar-refractivity contribution in [3.05, 3.63) is 59.4 Å². The first-order chi connectivity index (χ1) is 12.5. The molecule has 0 radical (unpaired) electrons. The third kappa shape index (κ3) is 3.92. The van der Waals surface area contributed by atoms with Crippen molar-refractivity contribution in [2.75, 3.05) is 42.9 Å². The Kier molecular flexibility index (Phi) is 5.35. The maximum atomic E-state index is 13.6. The molecule has 4 nitrogen and oxygen atoms in total. The number of aryl methyl sites for hydroxylation is 1. The van der Waals surface area contributed by atoms with Gasteiger partial charge in [0.25, 0.3) is 0 Å². The van der Waals surface area contributed by atoms with Gasteiger partial charge in [0.15, 0.2) is 17.5 Å². The normalized spacial score (nSPS) is 14.5. The molecule has 0 aromatic heterocycles. The molecule has 0 atom stereocenters. The number of anilines is 2. The maximum absolute atomic E-state index is 13.6. The third-order valence-corrected chi connectivity index (χ3v) is 4.46. The molecule has 2 aromatic rings. The molecule has 138 valence electrons. The van der Waals surface area contributed by atoms with Gasteiger partial charge >= 0.3 is 0 Å². The SMILES string of the molecule is Cc1cccc(N2CCN(C(=O)CNc3ccc(F)c(F)c3F)CC2)c1. The molecule has 3 rings (SSSR count). The molecule has 2 aromatic carbocycles. The van der Waals surface area contributed by atoms with Gasteiger partial charge in [-0.1, -0.05) is 12.1 Å². The molecule has 0 saturated carbocycles. The van der Waals surface area contributed by atoms with Crippen molar-refractivity contribution in [3.63, 3.8) is 0 Å². The van der Waals surface area contributed by atoms with Gasteiger partial charge in [0.1, 0.15) is 0 Å². The van der Waals surface area contributed by atoms with Crippen LogP contribution in [-0.2, 0) is 4.79 Å². The van der Waals surface area contributed by atoms with Crippen molar-refractivity contribution in [3.8, 4) is 0 Å². The second-order valence-corrected chi connectivity index (χ2v) is 6.28. The van der Waals surface area contributed by atoms with E-state index in [9.17, 15) is 18.0 Å². The van der Waals surface area contributed by atoms with E-state index in [2.05, 4.69) is 16.3 Å². The lowest BCUT2D eigenvalue weighted by atomic mass is 10.2. The number of carbonyl (C=O) groups is 1. The van der Waals surface area contributed by atoms with Gasteiger partial charge in [0, 0.05) is 31.9 Å². The Labute approximate surface area is 150 Å². The molecular weight excluding hydrogens is 343 g/mol. The predicted molar refractivity (Wildman–Crippen MR) is 94.8 cm³/mol. The first-order valence-corrected chi connectivity index (χ1v) is 8.42. The topological polar surface area (TPSA) is 35.6 Å². The molecule has 0 bridgehead atoms. The maximum Gasteiger partial charge on any atom is 0.241 e. The van der Waals surface area contributed by atoms with Crippen LogP contribution in [0.25, 0.3) is 0 Å². The molecule has 7 heteroatoms. The zero-order chi connectivity index (χ0) is 18.7. The summed E-state index contributed by atoms with van der Waals surface area (Å²) >= 11 is 0. The summed E-state index contributed by atoms with van der Waals surface area (Å²) in [4.78, 5) is 16.2. The summed E-state index contributed by atoms with van der Waals surface area (Å²) in [6.07, 6.45) is 0. The monoisotopic (exact) mass is 363 g/mol. The lowest BCUT2D eigenvalue weighted by Gasteiger charge is -2.36. The average Bonchev–Trinajstić information content (AvgIpc) is 2.65. The van der Waals surface area contributed by atoms with Gasteiger partial charge in [0.2, 0.25) is 5.91 Å². The van der Waals surface area contributed by atoms with Gasteiger partial charge in [-0.15, -0.1) is 0 Å². The summed E-state index contributed by atoms with van der Waals surface area (Å²) in [5, 5.41) is 2.54. The van der Waals surface area contributed by atoms with Gasteiger partial charge in [-0.3, -0.25) is 4.79 Å². The molecule has 0 unspecified atom stereocenters. The molecule has 1 aliphatic heterocycles. The van der Waals surface area contributed by atoms with Crippen molar-refractivity contribution in [2.24, 2.45) is 0 Å². The minimum absolute atomic E-state index is 0.174. The van der Waals surface area contributed by atoms with Crippen LogP contribution in [0.15, 0.2) is 36.4 Å². The summed E-state index contributed by atoms with van der Waals surface area (Å²) < 4.78 is 39.8. The Balaban J connectivity index is 1.53. The molecule has 1 N–H and O–H groups in total. The number of rotatable bonds is 4. The zero-order valence-corrected chi connectivity index (χ0v) is 14.4. The smallest absolute Gasteiger partial charge is 0.241 e. The van der Waals surface area contributed by atoms with Crippen LogP contribution < -0.4 is 10.2 Å². The Morgan fingerprint density at radius 1 is 1.04 bits per heavy atom. The van der Waals surface area contributed by atoms with E-state index >= 15 is 0 Å². The first kappa shape index (κ1) is 18.1. The van der Waals surface area contributed by atoms with Crippen LogP contribution in [0, 0.1) is 24.4 Å². The first-order valence-electron chi connectivity index (χ1n) is 8.42. The van der Waals surface area contributed by atoms with Crippen LogP contribution in [-0.4, -0.2) is 43.5 Å². The van der Waals surface area contributed by atoms with Crippen molar-refractivity contribution >= 4 is 17.3 Å². The Morgan fingerprint density at radius 2 is 1.77 bits per heavy atom. The summed E-state index contributed by atoms with van der Waals surface area (Å²) in [7, 11) is 0. The van der Waals surface area contributed by atoms with Crippen molar-refractivity contribution in [2.45, 2.75) is 6.92 Å². The number of piperazine rings is 1. The number of amides is 1. The fourth-order valence-corrected chi connectivity index (χ4v) is 2.98. The number of hydrogen-bond donors (Lipinski definition) is 1. The molecule has 1 aliphatic rings. The van der Waals surface area contributed by atoms with Crippen molar-refractivity contribution in [1.82, 2.24) is 4.90 Å². The molecule has 0 aliphatic carbocycles. The molecule has 1 amide bonds. The average molecular weight is 363 g/mol. The van der Waals surface area contributed by atoms with E-state index in [0.29, 0.717) is 26.2 Å². The van der Waals surface area contributed by atoms with Crippen LogP contribution in [0.5, 0.6) is 0 Å². The van der Waals surface area contributed by atoms with Crippen LogP contribution >= 0.6 is 0 Å². The van der Waals surface area contributed by atoms with Crippen LogP contribution in [0.3, 0.4) is 0 Å². The molecular formula is C19H20F3N3O. The van der Waals surface area contributed by atoms with Gasteiger partial charge in [-0.25, -0.2) is 13.2 Å². The van der Waals surface area contributed by atoms with E-state index in [4.69, 9.17) is 0 Å². The highest BCUT2D eigenvalue weighted by Gasteiger charge is 2.22. The van der Waals surface area contributed by atoms with E-state index in [0.717, 1.165) is 17.8 Å². The quantitative estimate of drug-likeness (QED) is 0.848. The van der Waals surface area contributed by atoms with Crippen molar-refractivity contribution < 1.29 is 18.0 Å². The van der Waals surface area contributed by atoms with Gasteiger partial charge in [-0.2, -0.15) is 0 Å². The minimum atomic E-state index is -1.55. The molecule has 1 saturated heterocycles. The van der Waals surface area contributed by atoms with Gasteiger partial charge < -0.3 is 15.1 Å².